The predicted octanol–water partition coefficient (Wildman–Crippen LogP) is 1.56. The van der Waals surface area contributed by atoms with Crippen LogP contribution in [-0.4, -0.2) is 60.2 Å². The minimum Gasteiger partial charge on any atom is -0.379 e. The molecule has 0 atom stereocenters. The Bertz CT molecular complexity index is 800. The van der Waals surface area contributed by atoms with E-state index in [4.69, 9.17) is 14.7 Å². The largest absolute Gasteiger partial charge is 0.379 e. The molecule has 2 aromatic heterocycles. The Hall–Kier alpha value is -1.77. The summed E-state index contributed by atoms with van der Waals surface area (Å²) in [4.78, 5) is 25.7. The molecule has 2 aliphatic rings. The van der Waals surface area contributed by atoms with E-state index in [-0.39, 0.29) is 5.91 Å². The third-order valence-corrected chi connectivity index (χ3v) is 6.06. The molecule has 2 aromatic rings. The lowest BCUT2D eigenvalue weighted by Gasteiger charge is -2.25. The molecule has 0 bridgehead atoms. The molecule has 1 aliphatic carbocycles. The molecule has 3 heterocycles. The summed E-state index contributed by atoms with van der Waals surface area (Å²) in [5.41, 5.74) is 1.42. The summed E-state index contributed by atoms with van der Waals surface area (Å²) < 4.78 is 5.43. The van der Waals surface area contributed by atoms with E-state index in [0.717, 1.165) is 62.2 Å². The zero-order chi connectivity index (χ0) is 17.9. The Kier molecular flexibility index (Phi) is 5.33. The predicted molar refractivity (Wildman–Crippen MR) is 103 cm³/mol. The number of hydrogen-bond acceptors (Lipinski definition) is 7. The summed E-state index contributed by atoms with van der Waals surface area (Å²) in [7, 11) is 0. The van der Waals surface area contributed by atoms with Gasteiger partial charge in [-0.05, 0) is 24.8 Å². The lowest BCUT2D eigenvalue weighted by molar-refractivity contribution is -0.118. The molecule has 0 aromatic carbocycles. The number of amides is 1. The zero-order valence-corrected chi connectivity index (χ0v) is 16.0. The number of ether oxygens (including phenoxy) is 1. The monoisotopic (exact) mass is 375 g/mol. The second-order valence-corrected chi connectivity index (χ2v) is 7.91. The Labute approximate surface area is 157 Å². The SMILES string of the molecule is CC(=O)NCCNc1nc(CN2CCOCC2)nc2sc3c(c12)CCC3. The number of thiophene rings is 1. The van der Waals surface area contributed by atoms with E-state index in [0.29, 0.717) is 13.1 Å². The quantitative estimate of drug-likeness (QED) is 0.746. The Morgan fingerprint density at radius 1 is 1.23 bits per heavy atom. The van der Waals surface area contributed by atoms with Crippen molar-refractivity contribution >= 4 is 33.3 Å². The Morgan fingerprint density at radius 3 is 2.88 bits per heavy atom. The molecule has 26 heavy (non-hydrogen) atoms. The van der Waals surface area contributed by atoms with Crippen molar-refractivity contribution in [3.63, 3.8) is 0 Å². The summed E-state index contributed by atoms with van der Waals surface area (Å²) in [6, 6.07) is 0. The lowest BCUT2D eigenvalue weighted by atomic mass is 10.2. The van der Waals surface area contributed by atoms with E-state index in [1.165, 1.54) is 29.2 Å². The number of hydrogen-bond donors (Lipinski definition) is 2. The fourth-order valence-corrected chi connectivity index (χ4v) is 4.90. The molecule has 8 heteroatoms. The topological polar surface area (TPSA) is 79.4 Å². The first kappa shape index (κ1) is 17.6. The van der Waals surface area contributed by atoms with Crippen LogP contribution in [0.5, 0.6) is 0 Å². The van der Waals surface area contributed by atoms with Crippen LogP contribution in [-0.2, 0) is 28.9 Å². The van der Waals surface area contributed by atoms with E-state index in [1.54, 1.807) is 0 Å². The van der Waals surface area contributed by atoms with Gasteiger partial charge in [-0.15, -0.1) is 11.3 Å². The number of anilines is 1. The van der Waals surface area contributed by atoms with Gasteiger partial charge in [0.2, 0.25) is 5.91 Å². The molecular weight excluding hydrogens is 350 g/mol. The molecule has 1 fully saturated rings. The van der Waals surface area contributed by atoms with Gasteiger partial charge in [-0.3, -0.25) is 9.69 Å². The highest BCUT2D eigenvalue weighted by Gasteiger charge is 2.23. The van der Waals surface area contributed by atoms with Gasteiger partial charge >= 0.3 is 0 Å². The number of nitrogens with zero attached hydrogens (tertiary/aromatic N) is 3. The van der Waals surface area contributed by atoms with Gasteiger partial charge in [0.1, 0.15) is 16.5 Å². The average molecular weight is 375 g/mol. The van der Waals surface area contributed by atoms with Crippen LogP contribution in [0.4, 0.5) is 5.82 Å². The number of aromatic nitrogens is 2. The number of carbonyl (C=O) groups excluding carboxylic acids is 1. The van der Waals surface area contributed by atoms with Crippen LogP contribution >= 0.6 is 11.3 Å². The van der Waals surface area contributed by atoms with Crippen molar-refractivity contribution in [1.82, 2.24) is 20.2 Å². The average Bonchev–Trinajstić information content (AvgIpc) is 3.20. The van der Waals surface area contributed by atoms with Gasteiger partial charge in [0.05, 0.1) is 25.1 Å². The number of rotatable bonds is 6. The highest BCUT2D eigenvalue weighted by Crippen LogP contribution is 2.39. The number of morpholine rings is 1. The molecule has 0 radical (unpaired) electrons. The van der Waals surface area contributed by atoms with Gasteiger partial charge in [0.25, 0.3) is 0 Å². The van der Waals surface area contributed by atoms with Crippen molar-refractivity contribution in [1.29, 1.82) is 0 Å². The van der Waals surface area contributed by atoms with Gasteiger partial charge < -0.3 is 15.4 Å². The fourth-order valence-electron chi connectivity index (χ4n) is 3.62. The van der Waals surface area contributed by atoms with Crippen molar-refractivity contribution in [2.75, 3.05) is 44.7 Å². The Morgan fingerprint density at radius 2 is 2.08 bits per heavy atom. The van der Waals surface area contributed by atoms with Crippen LogP contribution in [0, 0.1) is 0 Å². The van der Waals surface area contributed by atoms with Crippen molar-refractivity contribution in [2.24, 2.45) is 0 Å². The van der Waals surface area contributed by atoms with Gasteiger partial charge in [-0.2, -0.15) is 0 Å². The molecule has 140 valence electrons. The first-order chi connectivity index (χ1) is 12.7. The van der Waals surface area contributed by atoms with E-state index in [2.05, 4.69) is 15.5 Å². The van der Waals surface area contributed by atoms with Crippen molar-refractivity contribution in [3.8, 4) is 0 Å². The van der Waals surface area contributed by atoms with Crippen LogP contribution in [0.2, 0.25) is 0 Å². The standard InChI is InChI=1S/C18H25N5O2S/c1-12(24)19-5-6-20-17-16-13-3-2-4-14(13)26-18(16)22-15(21-17)11-23-7-9-25-10-8-23/h2-11H2,1H3,(H,19,24)(H,20,21,22). The lowest BCUT2D eigenvalue weighted by Crippen LogP contribution is -2.36. The molecule has 4 rings (SSSR count). The van der Waals surface area contributed by atoms with E-state index < -0.39 is 0 Å². The number of aryl methyl sites for hydroxylation is 2. The maximum absolute atomic E-state index is 11.1. The number of fused-ring (bicyclic) bond motifs is 3. The maximum Gasteiger partial charge on any atom is 0.216 e. The first-order valence-corrected chi connectivity index (χ1v) is 10.1. The van der Waals surface area contributed by atoms with E-state index >= 15 is 0 Å². The molecule has 0 spiro atoms. The summed E-state index contributed by atoms with van der Waals surface area (Å²) in [5, 5.41) is 7.45. The van der Waals surface area contributed by atoms with Gasteiger partial charge in [0, 0.05) is 38.0 Å². The molecule has 0 unspecified atom stereocenters. The van der Waals surface area contributed by atoms with E-state index in [1.807, 2.05) is 11.3 Å². The molecule has 0 saturated carbocycles. The summed E-state index contributed by atoms with van der Waals surface area (Å²) >= 11 is 1.82. The van der Waals surface area contributed by atoms with Crippen LogP contribution in [0.25, 0.3) is 10.2 Å². The molecular formula is C18H25N5O2S. The van der Waals surface area contributed by atoms with Crippen molar-refractivity contribution in [3.05, 3.63) is 16.3 Å². The minimum absolute atomic E-state index is 0.0101. The van der Waals surface area contributed by atoms with E-state index in [9.17, 15) is 4.79 Å². The summed E-state index contributed by atoms with van der Waals surface area (Å²) in [5.74, 6) is 1.77. The third-order valence-electron chi connectivity index (χ3n) is 4.87. The van der Waals surface area contributed by atoms with Gasteiger partial charge in [0.15, 0.2) is 0 Å². The minimum atomic E-state index is -0.0101. The molecule has 7 nitrogen and oxygen atoms in total. The highest BCUT2D eigenvalue weighted by molar-refractivity contribution is 7.19. The summed E-state index contributed by atoms with van der Waals surface area (Å²) in [6.45, 7) is 6.94. The second-order valence-electron chi connectivity index (χ2n) is 6.82. The van der Waals surface area contributed by atoms with Crippen LogP contribution in [0.15, 0.2) is 0 Å². The maximum atomic E-state index is 11.1. The van der Waals surface area contributed by atoms with Crippen LogP contribution < -0.4 is 10.6 Å². The molecule has 1 aliphatic heterocycles. The van der Waals surface area contributed by atoms with Crippen molar-refractivity contribution < 1.29 is 9.53 Å². The molecule has 1 amide bonds. The van der Waals surface area contributed by atoms with Crippen LogP contribution in [0.3, 0.4) is 0 Å². The second kappa shape index (κ2) is 7.85. The van der Waals surface area contributed by atoms with Gasteiger partial charge in [-0.25, -0.2) is 9.97 Å². The first-order valence-electron chi connectivity index (χ1n) is 9.30. The third kappa shape index (κ3) is 3.82. The fraction of sp³-hybridized carbons (Fsp3) is 0.611. The smallest absolute Gasteiger partial charge is 0.216 e. The number of nitrogens with one attached hydrogen (secondary N) is 2. The molecule has 2 N–H and O–H groups in total. The van der Waals surface area contributed by atoms with Crippen molar-refractivity contribution in [2.45, 2.75) is 32.7 Å². The molecule has 1 saturated heterocycles. The Balaban J connectivity index is 1.58. The highest BCUT2D eigenvalue weighted by atomic mass is 32.1. The normalized spacial score (nSPS) is 17.4. The number of carbonyl (C=O) groups is 1. The van der Waals surface area contributed by atoms with Gasteiger partial charge in [-0.1, -0.05) is 0 Å². The summed E-state index contributed by atoms with van der Waals surface area (Å²) in [6.07, 6.45) is 3.49. The van der Waals surface area contributed by atoms with Crippen LogP contribution in [0.1, 0.15) is 29.6 Å². The zero-order valence-electron chi connectivity index (χ0n) is 15.1.